The van der Waals surface area contributed by atoms with Gasteiger partial charge in [0.1, 0.15) is 5.65 Å². The molecule has 0 radical (unpaired) electrons. The van der Waals surface area contributed by atoms with Gasteiger partial charge in [0.25, 0.3) is 5.91 Å². The van der Waals surface area contributed by atoms with E-state index >= 15 is 0 Å². The van der Waals surface area contributed by atoms with Crippen LogP contribution in [0.2, 0.25) is 0 Å². The number of carbonyl (C=O) groups excluding carboxylic acids is 2. The summed E-state index contributed by atoms with van der Waals surface area (Å²) in [6, 6.07) is 5.57. The highest BCUT2D eigenvalue weighted by molar-refractivity contribution is 5.91. The lowest BCUT2D eigenvalue weighted by Gasteiger charge is -2.35. The summed E-state index contributed by atoms with van der Waals surface area (Å²) in [6.45, 7) is 5.84. The van der Waals surface area contributed by atoms with Gasteiger partial charge < -0.3 is 18.9 Å². The van der Waals surface area contributed by atoms with Crippen LogP contribution in [-0.2, 0) is 9.53 Å². The minimum atomic E-state index is -0.881. The Morgan fingerprint density at radius 1 is 1.14 bits per heavy atom. The lowest BCUT2D eigenvalue weighted by molar-refractivity contribution is -0.140. The summed E-state index contributed by atoms with van der Waals surface area (Å²) in [4.78, 5) is 41.6. The smallest absolute Gasteiger partial charge is 0.359 e. The van der Waals surface area contributed by atoms with Crippen molar-refractivity contribution in [2.24, 2.45) is 0 Å². The highest BCUT2D eigenvalue weighted by Gasteiger charge is 2.28. The summed E-state index contributed by atoms with van der Waals surface area (Å²) in [6.07, 6.45) is 5.95. The number of ether oxygens (including phenoxy) is 1. The maximum Gasteiger partial charge on any atom is 0.359 e. The van der Waals surface area contributed by atoms with E-state index < -0.39 is 12.1 Å². The first-order chi connectivity index (χ1) is 14.0. The summed E-state index contributed by atoms with van der Waals surface area (Å²) < 4.78 is 7.13. The van der Waals surface area contributed by atoms with E-state index in [1.807, 2.05) is 30.2 Å². The Kier molecular flexibility index (Phi) is 5.11. The molecule has 150 valence electrons. The summed E-state index contributed by atoms with van der Waals surface area (Å²) in [5.74, 6) is -0.170. The monoisotopic (exact) mass is 394 g/mol. The van der Waals surface area contributed by atoms with Gasteiger partial charge in [0.2, 0.25) is 5.95 Å². The Labute approximate surface area is 168 Å². The first-order valence-corrected chi connectivity index (χ1v) is 9.48. The molecule has 4 rings (SSSR count). The predicted octanol–water partition coefficient (Wildman–Crippen LogP) is 1.33. The Morgan fingerprint density at radius 3 is 2.59 bits per heavy atom. The van der Waals surface area contributed by atoms with Crippen molar-refractivity contribution < 1.29 is 14.3 Å². The van der Waals surface area contributed by atoms with Crippen LogP contribution in [0.15, 0.2) is 43.0 Å². The Balaban J connectivity index is 1.35. The molecule has 1 amide bonds. The minimum Gasteiger partial charge on any atom is -0.448 e. The molecule has 0 spiro atoms. The molecule has 1 aliphatic rings. The van der Waals surface area contributed by atoms with Gasteiger partial charge in [0.15, 0.2) is 11.8 Å². The maximum atomic E-state index is 12.7. The highest BCUT2D eigenvalue weighted by atomic mass is 16.5. The highest BCUT2D eigenvalue weighted by Crippen LogP contribution is 2.13. The summed E-state index contributed by atoms with van der Waals surface area (Å²) in [7, 11) is 0. The van der Waals surface area contributed by atoms with Crippen LogP contribution < -0.4 is 4.90 Å². The molecule has 4 heterocycles. The molecule has 3 aromatic rings. The number of fused-ring (bicyclic) bond motifs is 1. The third-order valence-corrected chi connectivity index (χ3v) is 4.88. The predicted molar refractivity (Wildman–Crippen MR) is 106 cm³/mol. The molecule has 0 saturated carbocycles. The summed E-state index contributed by atoms with van der Waals surface area (Å²) in [5.41, 5.74) is 1.89. The number of hydrogen-bond donors (Lipinski definition) is 0. The van der Waals surface area contributed by atoms with E-state index in [-0.39, 0.29) is 11.6 Å². The Hall–Kier alpha value is -3.49. The average Bonchev–Trinajstić information content (AvgIpc) is 3.17. The van der Waals surface area contributed by atoms with Crippen LogP contribution in [0.1, 0.15) is 23.0 Å². The molecule has 1 aliphatic heterocycles. The molecule has 3 aromatic heterocycles. The SMILES string of the molecule is Cc1ccn2cc(C(=O)OC(C)C(=O)N3CCN(c4ncccn4)CC3)nc2c1. The van der Waals surface area contributed by atoms with Gasteiger partial charge in [-0.1, -0.05) is 0 Å². The first-order valence-electron chi connectivity index (χ1n) is 9.48. The molecule has 0 aromatic carbocycles. The van der Waals surface area contributed by atoms with Gasteiger partial charge in [0, 0.05) is 51.0 Å². The summed E-state index contributed by atoms with van der Waals surface area (Å²) in [5, 5.41) is 0. The molecule has 9 heteroatoms. The second-order valence-corrected chi connectivity index (χ2v) is 7.00. The molecule has 1 unspecified atom stereocenters. The lowest BCUT2D eigenvalue weighted by Crippen LogP contribution is -2.52. The van der Waals surface area contributed by atoms with E-state index in [4.69, 9.17) is 4.74 Å². The van der Waals surface area contributed by atoms with Gasteiger partial charge in [-0.15, -0.1) is 0 Å². The standard InChI is InChI=1S/C20H22N6O3/c1-14-4-7-26-13-16(23-17(26)12-14)19(28)29-15(2)18(27)24-8-10-25(11-9-24)20-21-5-3-6-22-20/h3-7,12-13,15H,8-11H2,1-2H3. The number of rotatable bonds is 4. The van der Waals surface area contributed by atoms with Gasteiger partial charge in [-0.25, -0.2) is 19.7 Å². The van der Waals surface area contributed by atoms with E-state index in [0.717, 1.165) is 5.56 Å². The topological polar surface area (TPSA) is 92.9 Å². The van der Waals surface area contributed by atoms with Gasteiger partial charge in [0.05, 0.1) is 0 Å². The van der Waals surface area contributed by atoms with Gasteiger partial charge >= 0.3 is 5.97 Å². The van der Waals surface area contributed by atoms with Crippen molar-refractivity contribution in [1.29, 1.82) is 0 Å². The van der Waals surface area contributed by atoms with E-state index in [9.17, 15) is 9.59 Å². The van der Waals surface area contributed by atoms with Crippen molar-refractivity contribution >= 4 is 23.5 Å². The fourth-order valence-electron chi connectivity index (χ4n) is 3.29. The van der Waals surface area contributed by atoms with Crippen LogP contribution in [-0.4, -0.2) is 68.4 Å². The fraction of sp³-hybridized carbons (Fsp3) is 0.350. The van der Waals surface area contributed by atoms with Crippen LogP contribution in [0.3, 0.4) is 0 Å². The van der Waals surface area contributed by atoms with Crippen LogP contribution >= 0.6 is 0 Å². The number of esters is 1. The number of carbonyl (C=O) groups is 2. The third-order valence-electron chi connectivity index (χ3n) is 4.88. The van der Waals surface area contributed by atoms with Crippen molar-refractivity contribution in [1.82, 2.24) is 24.3 Å². The van der Waals surface area contributed by atoms with Crippen LogP contribution in [0, 0.1) is 6.92 Å². The van der Waals surface area contributed by atoms with Crippen molar-refractivity contribution in [3.8, 4) is 0 Å². The van der Waals surface area contributed by atoms with Crippen molar-refractivity contribution in [3.05, 3.63) is 54.2 Å². The molecule has 1 saturated heterocycles. The van der Waals surface area contributed by atoms with E-state index in [1.54, 1.807) is 40.9 Å². The molecule has 1 fully saturated rings. The van der Waals surface area contributed by atoms with Gasteiger partial charge in [-0.3, -0.25) is 4.79 Å². The number of piperazine rings is 1. The fourth-order valence-corrected chi connectivity index (χ4v) is 3.29. The van der Waals surface area contributed by atoms with Crippen LogP contribution in [0.25, 0.3) is 5.65 Å². The molecule has 1 atom stereocenters. The number of imidazole rings is 1. The molecular weight excluding hydrogens is 372 g/mol. The van der Waals surface area contributed by atoms with Crippen LogP contribution in [0.4, 0.5) is 5.95 Å². The van der Waals surface area contributed by atoms with Crippen LogP contribution in [0.5, 0.6) is 0 Å². The van der Waals surface area contributed by atoms with E-state index in [2.05, 4.69) is 15.0 Å². The molecule has 0 bridgehead atoms. The second-order valence-electron chi connectivity index (χ2n) is 7.00. The average molecular weight is 394 g/mol. The van der Waals surface area contributed by atoms with E-state index in [1.165, 1.54) is 0 Å². The zero-order valence-corrected chi connectivity index (χ0v) is 16.4. The number of hydrogen-bond acceptors (Lipinski definition) is 7. The molecule has 29 heavy (non-hydrogen) atoms. The molecule has 0 N–H and O–H groups in total. The van der Waals surface area contributed by atoms with Crippen molar-refractivity contribution in [2.45, 2.75) is 20.0 Å². The number of aromatic nitrogens is 4. The summed E-state index contributed by atoms with van der Waals surface area (Å²) >= 11 is 0. The number of anilines is 1. The Bertz CT molecular complexity index is 1030. The van der Waals surface area contributed by atoms with Gasteiger partial charge in [-0.2, -0.15) is 0 Å². The quantitative estimate of drug-likeness (QED) is 0.616. The maximum absolute atomic E-state index is 12.7. The minimum absolute atomic E-state index is 0.182. The zero-order chi connectivity index (χ0) is 20.4. The zero-order valence-electron chi connectivity index (χ0n) is 16.4. The second kappa shape index (κ2) is 7.86. The largest absolute Gasteiger partial charge is 0.448 e. The number of pyridine rings is 1. The molecule has 9 nitrogen and oxygen atoms in total. The van der Waals surface area contributed by atoms with E-state index in [0.29, 0.717) is 37.8 Å². The van der Waals surface area contributed by atoms with Crippen molar-refractivity contribution in [2.75, 3.05) is 31.1 Å². The normalized spacial score (nSPS) is 15.4. The number of aryl methyl sites for hydroxylation is 1. The third kappa shape index (κ3) is 4.03. The number of nitrogens with zero attached hydrogens (tertiary/aromatic N) is 6. The molecular formula is C20H22N6O3. The van der Waals surface area contributed by atoms with Gasteiger partial charge in [-0.05, 0) is 37.6 Å². The Morgan fingerprint density at radius 2 is 1.86 bits per heavy atom. The first kappa shape index (κ1) is 18.9. The molecule has 0 aliphatic carbocycles. The van der Waals surface area contributed by atoms with Crippen molar-refractivity contribution in [3.63, 3.8) is 0 Å². The lowest BCUT2D eigenvalue weighted by atomic mass is 10.2. The number of amides is 1.